The molecule has 1 spiro atoms. The predicted octanol–water partition coefficient (Wildman–Crippen LogP) is 2.79. The van der Waals surface area contributed by atoms with Gasteiger partial charge in [0.15, 0.2) is 5.82 Å². The zero-order valence-electron chi connectivity index (χ0n) is 17.5. The highest BCUT2D eigenvalue weighted by atomic mass is 35.5. The molecule has 1 atom stereocenters. The topological polar surface area (TPSA) is 79.6 Å². The van der Waals surface area contributed by atoms with Crippen LogP contribution in [0, 0.1) is 11.2 Å². The Kier molecular flexibility index (Phi) is 3.80. The molecule has 4 aliphatic heterocycles. The van der Waals surface area contributed by atoms with Gasteiger partial charge in [0.25, 0.3) is 0 Å². The van der Waals surface area contributed by atoms with Crippen molar-refractivity contribution in [2.75, 3.05) is 42.6 Å². The van der Waals surface area contributed by atoms with Gasteiger partial charge in [-0.15, -0.1) is 10.2 Å². The van der Waals surface area contributed by atoms with Crippen molar-refractivity contribution in [3.63, 3.8) is 0 Å². The van der Waals surface area contributed by atoms with E-state index in [1.54, 1.807) is 11.0 Å². The van der Waals surface area contributed by atoms with Gasteiger partial charge in [0.1, 0.15) is 24.3 Å². The number of rotatable bonds is 2. The molecule has 168 valence electrons. The summed E-state index contributed by atoms with van der Waals surface area (Å²) in [6, 6.07) is 8.56. The normalized spacial score (nSPS) is 22.2. The van der Waals surface area contributed by atoms with E-state index >= 15 is 0 Å². The summed E-state index contributed by atoms with van der Waals surface area (Å²) in [6.07, 6.45) is 0.902. The van der Waals surface area contributed by atoms with Crippen LogP contribution in [-0.2, 0) is 11.3 Å². The Balaban J connectivity index is 1.18. The second-order valence-corrected chi connectivity index (χ2v) is 9.67. The molecule has 0 saturated carbocycles. The molecule has 0 N–H and O–H groups in total. The van der Waals surface area contributed by atoms with Crippen LogP contribution in [0.5, 0.6) is 0 Å². The lowest BCUT2D eigenvalue weighted by Gasteiger charge is -2.60. The zero-order chi connectivity index (χ0) is 22.3. The van der Waals surface area contributed by atoms with Gasteiger partial charge in [-0.3, -0.25) is 9.47 Å². The quantitative estimate of drug-likeness (QED) is 0.573. The summed E-state index contributed by atoms with van der Waals surface area (Å²) in [4.78, 5) is 22.6. The molecule has 3 aromatic rings. The summed E-state index contributed by atoms with van der Waals surface area (Å²) in [5.41, 5.74) is 2.02. The molecule has 3 fully saturated rings. The third-order valence-corrected chi connectivity index (χ3v) is 7.23. The van der Waals surface area contributed by atoms with Gasteiger partial charge in [-0.2, -0.15) is 0 Å². The number of carbonyl (C=O) groups excluding carboxylic acids is 1. The zero-order valence-corrected chi connectivity index (χ0v) is 18.2. The Morgan fingerprint density at radius 2 is 1.91 bits per heavy atom. The Morgan fingerprint density at radius 1 is 1.09 bits per heavy atom. The van der Waals surface area contributed by atoms with E-state index in [0.29, 0.717) is 17.4 Å². The maximum Gasteiger partial charge on any atom is 0.410 e. The van der Waals surface area contributed by atoms with Gasteiger partial charge in [0.05, 0.1) is 18.4 Å². The summed E-state index contributed by atoms with van der Waals surface area (Å²) >= 11 is 6.27. The Morgan fingerprint density at radius 3 is 2.70 bits per heavy atom. The summed E-state index contributed by atoms with van der Waals surface area (Å²) in [6.45, 7) is 4.08. The van der Waals surface area contributed by atoms with Gasteiger partial charge < -0.3 is 14.5 Å². The molecule has 3 saturated heterocycles. The minimum absolute atomic E-state index is 0.161. The number of halogens is 2. The average molecular weight is 468 g/mol. The largest absolute Gasteiger partial charge is 0.447 e. The first kappa shape index (κ1) is 19.1. The van der Waals surface area contributed by atoms with Gasteiger partial charge in [-0.25, -0.2) is 14.2 Å². The minimum atomic E-state index is -0.351. The first-order chi connectivity index (χ1) is 16.0. The van der Waals surface area contributed by atoms with Crippen molar-refractivity contribution >= 4 is 29.5 Å². The number of pyridine rings is 1. The Labute approximate surface area is 193 Å². The highest BCUT2D eigenvalue weighted by Gasteiger charge is 2.54. The molecular weight excluding hydrogens is 449 g/mol. The maximum atomic E-state index is 13.2. The molecule has 4 aliphatic rings. The average Bonchev–Trinajstić information content (AvgIpc) is 3.28. The van der Waals surface area contributed by atoms with Crippen molar-refractivity contribution in [1.82, 2.24) is 24.6 Å². The van der Waals surface area contributed by atoms with Crippen LogP contribution < -0.4 is 9.80 Å². The summed E-state index contributed by atoms with van der Waals surface area (Å²) in [5.74, 6) is 1.93. The Bertz CT molecular complexity index is 1280. The van der Waals surface area contributed by atoms with Crippen LogP contribution in [0.25, 0.3) is 5.69 Å². The van der Waals surface area contributed by atoms with Crippen LogP contribution in [0.3, 0.4) is 0 Å². The van der Waals surface area contributed by atoms with Crippen LogP contribution in [0.1, 0.15) is 17.4 Å². The third kappa shape index (κ3) is 2.76. The molecule has 1 unspecified atom stereocenters. The highest BCUT2D eigenvalue weighted by molar-refractivity contribution is 6.30. The van der Waals surface area contributed by atoms with Crippen LogP contribution in [0.15, 0.2) is 36.5 Å². The molecule has 2 aromatic heterocycles. The fourth-order valence-electron chi connectivity index (χ4n) is 5.45. The van der Waals surface area contributed by atoms with E-state index in [0.717, 1.165) is 49.2 Å². The Hall–Kier alpha value is -3.40. The number of aromatic nitrogens is 4. The van der Waals surface area contributed by atoms with Crippen molar-refractivity contribution in [3.05, 3.63) is 58.8 Å². The first-order valence-corrected chi connectivity index (χ1v) is 11.2. The molecule has 6 heterocycles. The SMILES string of the molecule is O=C1OCC2c3nnc(N4CC5(CN(c6ccc(F)cn6)C5)C4)n3-c3ccc(Cl)cc3CN12. The minimum Gasteiger partial charge on any atom is -0.447 e. The number of cyclic esters (lactones) is 1. The highest BCUT2D eigenvalue weighted by Crippen LogP contribution is 2.45. The lowest BCUT2D eigenvalue weighted by atomic mass is 9.73. The molecule has 0 aliphatic carbocycles. The standard InChI is InChI=1S/C22H19ClFN7O2/c23-14-1-3-16-13(5-14)7-30-17(8-33-21(30)32)19-26-27-20(31(16)19)29-11-22(12-29)9-28(10-22)18-4-2-15(24)6-25-18/h1-6,17H,7-12H2. The van der Waals surface area contributed by atoms with E-state index in [2.05, 4.69) is 25.0 Å². The van der Waals surface area contributed by atoms with Crippen LogP contribution in [0.4, 0.5) is 21.0 Å². The van der Waals surface area contributed by atoms with Gasteiger partial charge in [-0.05, 0) is 35.9 Å². The third-order valence-electron chi connectivity index (χ3n) is 6.99. The second-order valence-electron chi connectivity index (χ2n) is 9.23. The summed E-state index contributed by atoms with van der Waals surface area (Å²) in [7, 11) is 0. The fraction of sp³-hybridized carbons (Fsp3) is 0.364. The number of hydrogen-bond acceptors (Lipinski definition) is 7. The number of ether oxygens (including phenoxy) is 1. The van der Waals surface area contributed by atoms with E-state index in [1.807, 2.05) is 22.8 Å². The van der Waals surface area contributed by atoms with Crippen molar-refractivity contribution in [3.8, 4) is 5.69 Å². The molecule has 0 radical (unpaired) electrons. The van der Waals surface area contributed by atoms with Crippen molar-refractivity contribution in [2.24, 2.45) is 5.41 Å². The molecular formula is C22H19ClFN7O2. The van der Waals surface area contributed by atoms with Crippen molar-refractivity contribution in [1.29, 1.82) is 0 Å². The van der Waals surface area contributed by atoms with Crippen LogP contribution in [-0.4, -0.2) is 63.5 Å². The summed E-state index contributed by atoms with van der Waals surface area (Å²) < 4.78 is 20.5. The molecule has 9 nitrogen and oxygen atoms in total. The number of hydrogen-bond donors (Lipinski definition) is 0. The van der Waals surface area contributed by atoms with E-state index < -0.39 is 0 Å². The number of fused-ring (bicyclic) bond motifs is 5. The maximum absolute atomic E-state index is 13.2. The number of carbonyl (C=O) groups is 1. The lowest BCUT2D eigenvalue weighted by Crippen LogP contribution is -2.73. The van der Waals surface area contributed by atoms with E-state index in [4.69, 9.17) is 16.3 Å². The molecule has 7 rings (SSSR count). The molecule has 11 heteroatoms. The fourth-order valence-corrected chi connectivity index (χ4v) is 5.64. The first-order valence-electron chi connectivity index (χ1n) is 10.8. The number of nitrogens with zero attached hydrogens (tertiary/aromatic N) is 7. The van der Waals surface area contributed by atoms with Crippen molar-refractivity contribution < 1.29 is 13.9 Å². The number of amides is 1. The van der Waals surface area contributed by atoms with Crippen LogP contribution in [0.2, 0.25) is 5.02 Å². The second kappa shape index (κ2) is 6.57. The molecule has 33 heavy (non-hydrogen) atoms. The van der Waals surface area contributed by atoms with Crippen LogP contribution >= 0.6 is 11.6 Å². The van der Waals surface area contributed by atoms with E-state index in [9.17, 15) is 9.18 Å². The lowest BCUT2D eigenvalue weighted by molar-refractivity contribution is 0.153. The van der Waals surface area contributed by atoms with E-state index in [-0.39, 0.29) is 30.0 Å². The summed E-state index contributed by atoms with van der Waals surface area (Å²) in [5, 5.41) is 9.63. The smallest absolute Gasteiger partial charge is 0.410 e. The molecule has 1 aromatic carbocycles. The number of anilines is 2. The number of benzene rings is 1. The molecule has 1 amide bonds. The predicted molar refractivity (Wildman–Crippen MR) is 117 cm³/mol. The van der Waals surface area contributed by atoms with Gasteiger partial charge in [-0.1, -0.05) is 11.6 Å². The monoisotopic (exact) mass is 467 g/mol. The van der Waals surface area contributed by atoms with Crippen molar-refractivity contribution in [2.45, 2.75) is 12.6 Å². The van der Waals surface area contributed by atoms with Gasteiger partial charge in [0.2, 0.25) is 5.95 Å². The van der Waals surface area contributed by atoms with E-state index in [1.165, 1.54) is 12.3 Å². The van der Waals surface area contributed by atoms with Gasteiger partial charge in [0, 0.05) is 36.6 Å². The van der Waals surface area contributed by atoms with Gasteiger partial charge >= 0.3 is 6.09 Å². The molecule has 0 bridgehead atoms.